The quantitative estimate of drug-likeness (QED) is 0.892. The molecule has 2 N–H and O–H groups in total. The molecule has 2 atom stereocenters. The first-order valence-electron chi connectivity index (χ1n) is 7.05. The van der Waals surface area contributed by atoms with Crippen LogP contribution in [0.1, 0.15) is 44.2 Å². The van der Waals surface area contributed by atoms with Crippen molar-refractivity contribution in [2.45, 2.75) is 50.3 Å². The maximum absolute atomic E-state index is 11.3. The van der Waals surface area contributed by atoms with E-state index in [-0.39, 0.29) is 10.1 Å². The number of aliphatic carboxylic acids is 1. The number of carbonyl (C=O) groups is 1. The molecule has 1 aromatic carbocycles. The standard InChI is InChI=1S/C16H23NO2S/c1-10(2)9-11-5-7-12(8-6-11)14-17-13(15(18)19)16(3,4)20-14/h5-8,10,13-14,17H,9H2,1-4H3,(H,18,19)/t13-,14+/m0/s1. The van der Waals surface area contributed by atoms with Gasteiger partial charge < -0.3 is 5.11 Å². The van der Waals surface area contributed by atoms with Crippen molar-refractivity contribution in [2.75, 3.05) is 0 Å². The number of hydrogen-bond donors (Lipinski definition) is 2. The second kappa shape index (κ2) is 5.78. The summed E-state index contributed by atoms with van der Waals surface area (Å²) in [5, 5.41) is 12.6. The van der Waals surface area contributed by atoms with Gasteiger partial charge in [0, 0.05) is 4.75 Å². The zero-order valence-electron chi connectivity index (χ0n) is 12.5. The Kier molecular flexibility index (Phi) is 4.45. The average Bonchev–Trinajstić information content (AvgIpc) is 2.65. The topological polar surface area (TPSA) is 49.3 Å². The Balaban J connectivity index is 2.11. The van der Waals surface area contributed by atoms with Crippen LogP contribution in [0.3, 0.4) is 0 Å². The number of thioether (sulfide) groups is 1. The minimum absolute atomic E-state index is 0.0548. The van der Waals surface area contributed by atoms with E-state index in [1.807, 2.05) is 13.8 Å². The van der Waals surface area contributed by atoms with E-state index >= 15 is 0 Å². The van der Waals surface area contributed by atoms with Gasteiger partial charge in [-0.05, 0) is 37.3 Å². The number of benzene rings is 1. The molecule has 1 heterocycles. The molecule has 20 heavy (non-hydrogen) atoms. The van der Waals surface area contributed by atoms with E-state index in [1.54, 1.807) is 11.8 Å². The van der Waals surface area contributed by atoms with Gasteiger partial charge in [-0.25, -0.2) is 0 Å². The molecule has 4 heteroatoms. The molecule has 2 rings (SSSR count). The Morgan fingerprint density at radius 2 is 1.95 bits per heavy atom. The number of carboxylic acid groups (broad SMARTS) is 1. The van der Waals surface area contributed by atoms with Gasteiger partial charge in [-0.2, -0.15) is 0 Å². The predicted octanol–water partition coefficient (Wildman–Crippen LogP) is 3.45. The summed E-state index contributed by atoms with van der Waals surface area (Å²) in [4.78, 5) is 11.3. The summed E-state index contributed by atoms with van der Waals surface area (Å²) in [5.74, 6) is -0.128. The van der Waals surface area contributed by atoms with Gasteiger partial charge in [0.25, 0.3) is 0 Å². The van der Waals surface area contributed by atoms with Crippen LogP contribution in [0.4, 0.5) is 0 Å². The van der Waals surface area contributed by atoms with Gasteiger partial charge in [0.05, 0.1) is 5.37 Å². The van der Waals surface area contributed by atoms with Gasteiger partial charge in [-0.3, -0.25) is 10.1 Å². The zero-order valence-corrected chi connectivity index (χ0v) is 13.3. The number of carboxylic acids is 1. The van der Waals surface area contributed by atoms with Crippen LogP contribution in [-0.4, -0.2) is 21.9 Å². The summed E-state index contributed by atoms with van der Waals surface area (Å²) in [6, 6.07) is 8.02. The highest BCUT2D eigenvalue weighted by atomic mass is 32.2. The van der Waals surface area contributed by atoms with Gasteiger partial charge in [0.1, 0.15) is 6.04 Å². The highest BCUT2D eigenvalue weighted by molar-refractivity contribution is 8.01. The molecule has 1 aromatic rings. The van der Waals surface area contributed by atoms with Crippen molar-refractivity contribution in [3.05, 3.63) is 35.4 Å². The fourth-order valence-electron chi connectivity index (χ4n) is 2.59. The minimum Gasteiger partial charge on any atom is -0.480 e. The first-order chi connectivity index (χ1) is 9.29. The van der Waals surface area contributed by atoms with Gasteiger partial charge in [-0.15, -0.1) is 11.8 Å². The third kappa shape index (κ3) is 3.36. The van der Waals surface area contributed by atoms with E-state index in [9.17, 15) is 9.90 Å². The summed E-state index contributed by atoms with van der Waals surface area (Å²) in [6.07, 6.45) is 1.08. The van der Waals surface area contributed by atoms with Gasteiger partial charge in [0.15, 0.2) is 0 Å². The lowest BCUT2D eigenvalue weighted by Crippen LogP contribution is -2.43. The zero-order chi connectivity index (χ0) is 14.9. The van der Waals surface area contributed by atoms with E-state index in [1.165, 1.54) is 5.56 Å². The van der Waals surface area contributed by atoms with E-state index in [2.05, 4.69) is 43.4 Å². The molecule has 0 aromatic heterocycles. The molecule has 0 spiro atoms. The molecule has 3 nitrogen and oxygen atoms in total. The molecule has 0 unspecified atom stereocenters. The summed E-state index contributed by atoms with van der Waals surface area (Å²) in [7, 11) is 0. The fraction of sp³-hybridized carbons (Fsp3) is 0.562. The van der Waals surface area contributed by atoms with E-state index in [4.69, 9.17) is 0 Å². The molecule has 1 aliphatic rings. The molecular formula is C16H23NO2S. The predicted molar refractivity (Wildman–Crippen MR) is 84.0 cm³/mol. The summed E-state index contributed by atoms with van der Waals surface area (Å²) in [5.41, 5.74) is 2.49. The first kappa shape index (κ1) is 15.4. The average molecular weight is 293 g/mol. The maximum Gasteiger partial charge on any atom is 0.322 e. The van der Waals surface area contributed by atoms with Crippen LogP contribution >= 0.6 is 11.8 Å². The lowest BCUT2D eigenvalue weighted by Gasteiger charge is -2.20. The van der Waals surface area contributed by atoms with Gasteiger partial charge in [-0.1, -0.05) is 38.1 Å². The molecule has 110 valence electrons. The summed E-state index contributed by atoms with van der Waals surface area (Å²) >= 11 is 1.69. The van der Waals surface area contributed by atoms with Crippen molar-refractivity contribution in [3.63, 3.8) is 0 Å². The van der Waals surface area contributed by atoms with Crippen LogP contribution in [-0.2, 0) is 11.2 Å². The van der Waals surface area contributed by atoms with E-state index in [0.717, 1.165) is 12.0 Å². The Bertz CT molecular complexity index is 482. The second-order valence-electron chi connectivity index (χ2n) is 6.38. The lowest BCUT2D eigenvalue weighted by atomic mass is 10.0. The van der Waals surface area contributed by atoms with E-state index in [0.29, 0.717) is 5.92 Å². The van der Waals surface area contributed by atoms with Crippen molar-refractivity contribution >= 4 is 17.7 Å². The second-order valence-corrected chi connectivity index (χ2v) is 8.14. The maximum atomic E-state index is 11.3. The van der Waals surface area contributed by atoms with Gasteiger partial charge in [0.2, 0.25) is 0 Å². The Morgan fingerprint density at radius 3 is 2.40 bits per heavy atom. The molecular weight excluding hydrogens is 270 g/mol. The molecule has 0 bridgehead atoms. The Morgan fingerprint density at radius 1 is 1.35 bits per heavy atom. The monoisotopic (exact) mass is 293 g/mol. The summed E-state index contributed by atoms with van der Waals surface area (Å²) in [6.45, 7) is 8.39. The largest absolute Gasteiger partial charge is 0.480 e. The molecule has 1 fully saturated rings. The lowest BCUT2D eigenvalue weighted by molar-refractivity contribution is -0.139. The molecule has 1 saturated heterocycles. The minimum atomic E-state index is -0.776. The first-order valence-corrected chi connectivity index (χ1v) is 7.93. The van der Waals surface area contributed by atoms with Crippen LogP contribution in [0.15, 0.2) is 24.3 Å². The number of nitrogens with one attached hydrogen (secondary N) is 1. The number of hydrogen-bond acceptors (Lipinski definition) is 3. The molecule has 0 aliphatic carbocycles. The highest BCUT2D eigenvalue weighted by Crippen LogP contribution is 2.45. The molecule has 0 amide bonds. The van der Waals surface area contributed by atoms with Crippen LogP contribution in [0, 0.1) is 5.92 Å². The van der Waals surface area contributed by atoms with Gasteiger partial charge >= 0.3 is 5.97 Å². The fourth-order valence-corrected chi connectivity index (χ4v) is 4.00. The van der Waals surface area contributed by atoms with Crippen molar-refractivity contribution < 1.29 is 9.90 Å². The third-order valence-electron chi connectivity index (χ3n) is 3.61. The highest BCUT2D eigenvalue weighted by Gasteiger charge is 2.45. The molecule has 0 saturated carbocycles. The third-order valence-corrected chi connectivity index (χ3v) is 5.10. The van der Waals surface area contributed by atoms with Crippen molar-refractivity contribution in [3.8, 4) is 0 Å². The molecule has 1 aliphatic heterocycles. The smallest absolute Gasteiger partial charge is 0.322 e. The van der Waals surface area contributed by atoms with Crippen molar-refractivity contribution in [2.24, 2.45) is 5.92 Å². The van der Waals surface area contributed by atoms with Crippen LogP contribution < -0.4 is 5.32 Å². The Hall–Kier alpha value is -1.00. The van der Waals surface area contributed by atoms with E-state index < -0.39 is 12.0 Å². The normalized spacial score (nSPS) is 25.1. The van der Waals surface area contributed by atoms with Crippen LogP contribution in [0.25, 0.3) is 0 Å². The summed E-state index contributed by atoms with van der Waals surface area (Å²) < 4.78 is -0.299. The number of rotatable bonds is 4. The van der Waals surface area contributed by atoms with Crippen molar-refractivity contribution in [1.82, 2.24) is 5.32 Å². The SMILES string of the molecule is CC(C)Cc1ccc([C@@H]2N[C@@H](C(=O)O)C(C)(C)S2)cc1. The Labute approximate surface area is 125 Å². The van der Waals surface area contributed by atoms with Crippen LogP contribution in [0.5, 0.6) is 0 Å². The molecule has 0 radical (unpaired) electrons. The van der Waals surface area contributed by atoms with Crippen molar-refractivity contribution in [1.29, 1.82) is 0 Å². The van der Waals surface area contributed by atoms with Crippen LogP contribution in [0.2, 0.25) is 0 Å².